The molecule has 1 aliphatic heterocycles. The summed E-state index contributed by atoms with van der Waals surface area (Å²) in [5.74, 6) is 1.62. The Balaban J connectivity index is 1.95. The number of hydrogen-bond donors (Lipinski definition) is 2. The monoisotopic (exact) mass is 234 g/mol. The summed E-state index contributed by atoms with van der Waals surface area (Å²) in [6.45, 7) is 6.78. The number of ether oxygens (including phenoxy) is 1. The molecular formula is C14H22N2O. The van der Waals surface area contributed by atoms with Gasteiger partial charge in [0.2, 0.25) is 0 Å². The van der Waals surface area contributed by atoms with E-state index >= 15 is 0 Å². The van der Waals surface area contributed by atoms with Gasteiger partial charge in [-0.1, -0.05) is 26.0 Å². The van der Waals surface area contributed by atoms with E-state index in [1.165, 1.54) is 11.1 Å². The van der Waals surface area contributed by atoms with Crippen molar-refractivity contribution in [1.29, 1.82) is 0 Å². The van der Waals surface area contributed by atoms with Crippen LogP contribution < -0.4 is 15.8 Å². The highest BCUT2D eigenvalue weighted by Crippen LogP contribution is 2.25. The third-order valence-corrected chi connectivity index (χ3v) is 3.38. The lowest BCUT2D eigenvalue weighted by Gasteiger charge is -2.20. The molecular weight excluding hydrogens is 212 g/mol. The number of nitrogens with one attached hydrogen (secondary N) is 1. The SMILES string of the molecule is CC(C)C(CN)NCc1ccc2c(c1)CCO2. The lowest BCUT2D eigenvalue weighted by Crippen LogP contribution is -2.39. The van der Waals surface area contributed by atoms with Crippen molar-refractivity contribution >= 4 is 0 Å². The first kappa shape index (κ1) is 12.4. The first-order chi connectivity index (χ1) is 8.20. The predicted molar refractivity (Wildman–Crippen MR) is 70.2 cm³/mol. The van der Waals surface area contributed by atoms with Crippen LogP contribution in [0.15, 0.2) is 18.2 Å². The molecule has 0 aliphatic carbocycles. The van der Waals surface area contributed by atoms with Crippen LogP contribution in [-0.2, 0) is 13.0 Å². The normalized spacial score (nSPS) is 15.8. The lowest BCUT2D eigenvalue weighted by atomic mass is 10.0. The summed E-state index contributed by atoms with van der Waals surface area (Å²) in [5.41, 5.74) is 8.39. The van der Waals surface area contributed by atoms with E-state index in [1.807, 2.05) is 0 Å². The molecule has 0 saturated heterocycles. The summed E-state index contributed by atoms with van der Waals surface area (Å²) in [4.78, 5) is 0. The minimum absolute atomic E-state index is 0.388. The largest absolute Gasteiger partial charge is 0.493 e. The van der Waals surface area contributed by atoms with Gasteiger partial charge < -0.3 is 15.8 Å². The van der Waals surface area contributed by atoms with Gasteiger partial charge in [0, 0.05) is 25.6 Å². The molecule has 17 heavy (non-hydrogen) atoms. The van der Waals surface area contributed by atoms with Crippen LogP contribution in [0.25, 0.3) is 0 Å². The molecule has 1 atom stereocenters. The summed E-state index contributed by atoms with van der Waals surface area (Å²) in [7, 11) is 0. The molecule has 0 saturated carbocycles. The van der Waals surface area contributed by atoms with E-state index in [4.69, 9.17) is 10.5 Å². The van der Waals surface area contributed by atoms with E-state index in [0.29, 0.717) is 18.5 Å². The Kier molecular flexibility index (Phi) is 4.02. The molecule has 1 unspecified atom stereocenters. The molecule has 1 aromatic rings. The van der Waals surface area contributed by atoms with Crippen molar-refractivity contribution in [2.24, 2.45) is 11.7 Å². The molecule has 1 heterocycles. The second-order valence-electron chi connectivity index (χ2n) is 5.01. The zero-order chi connectivity index (χ0) is 12.3. The van der Waals surface area contributed by atoms with Crippen molar-refractivity contribution in [1.82, 2.24) is 5.32 Å². The predicted octanol–water partition coefficient (Wildman–Crippen LogP) is 1.69. The molecule has 0 spiro atoms. The second kappa shape index (κ2) is 5.52. The fraction of sp³-hybridized carbons (Fsp3) is 0.571. The summed E-state index contributed by atoms with van der Waals surface area (Å²) < 4.78 is 5.50. The molecule has 0 amide bonds. The Morgan fingerprint density at radius 1 is 1.41 bits per heavy atom. The van der Waals surface area contributed by atoms with E-state index in [1.54, 1.807) is 0 Å². The minimum Gasteiger partial charge on any atom is -0.493 e. The quantitative estimate of drug-likeness (QED) is 0.815. The standard InChI is InChI=1S/C14H22N2O/c1-10(2)13(8-15)16-9-11-3-4-14-12(7-11)5-6-17-14/h3-4,7,10,13,16H,5-6,8-9,15H2,1-2H3. The van der Waals surface area contributed by atoms with E-state index < -0.39 is 0 Å². The van der Waals surface area contributed by atoms with Crippen molar-refractivity contribution in [3.8, 4) is 5.75 Å². The van der Waals surface area contributed by atoms with Gasteiger partial charge in [-0.3, -0.25) is 0 Å². The summed E-state index contributed by atoms with van der Waals surface area (Å²) in [6, 6.07) is 6.83. The van der Waals surface area contributed by atoms with Crippen LogP contribution in [0.2, 0.25) is 0 Å². The van der Waals surface area contributed by atoms with Crippen molar-refractivity contribution in [2.45, 2.75) is 32.9 Å². The molecule has 0 fully saturated rings. The first-order valence-corrected chi connectivity index (χ1v) is 6.38. The molecule has 2 rings (SSSR count). The van der Waals surface area contributed by atoms with Gasteiger partial charge in [0.25, 0.3) is 0 Å². The van der Waals surface area contributed by atoms with Crippen LogP contribution in [0.5, 0.6) is 5.75 Å². The maximum Gasteiger partial charge on any atom is 0.122 e. The number of hydrogen-bond acceptors (Lipinski definition) is 3. The van der Waals surface area contributed by atoms with E-state index in [0.717, 1.165) is 25.3 Å². The van der Waals surface area contributed by atoms with E-state index in [2.05, 4.69) is 37.4 Å². The molecule has 94 valence electrons. The molecule has 1 aliphatic rings. The molecule has 0 bridgehead atoms. The Bertz CT molecular complexity index is 376. The topological polar surface area (TPSA) is 47.3 Å². The highest BCUT2D eigenvalue weighted by Gasteiger charge is 2.13. The summed E-state index contributed by atoms with van der Waals surface area (Å²) in [5, 5.41) is 3.51. The van der Waals surface area contributed by atoms with Crippen LogP contribution in [0.3, 0.4) is 0 Å². The number of nitrogens with two attached hydrogens (primary N) is 1. The van der Waals surface area contributed by atoms with Gasteiger partial charge >= 0.3 is 0 Å². The maximum atomic E-state index is 5.75. The third-order valence-electron chi connectivity index (χ3n) is 3.38. The highest BCUT2D eigenvalue weighted by molar-refractivity contribution is 5.39. The van der Waals surface area contributed by atoms with Crippen molar-refractivity contribution < 1.29 is 4.74 Å². The minimum atomic E-state index is 0.388. The molecule has 3 nitrogen and oxygen atoms in total. The average molecular weight is 234 g/mol. The Hall–Kier alpha value is -1.06. The lowest BCUT2D eigenvalue weighted by molar-refractivity contribution is 0.356. The van der Waals surface area contributed by atoms with Crippen LogP contribution >= 0.6 is 0 Å². The number of fused-ring (bicyclic) bond motifs is 1. The number of rotatable bonds is 5. The summed E-state index contributed by atoms with van der Waals surface area (Å²) >= 11 is 0. The Labute approximate surface area is 103 Å². The van der Waals surface area contributed by atoms with Gasteiger partial charge in [-0.25, -0.2) is 0 Å². The van der Waals surface area contributed by atoms with Crippen molar-refractivity contribution in [2.75, 3.05) is 13.2 Å². The Morgan fingerprint density at radius 3 is 2.94 bits per heavy atom. The zero-order valence-corrected chi connectivity index (χ0v) is 10.7. The smallest absolute Gasteiger partial charge is 0.122 e. The molecule has 1 aromatic carbocycles. The van der Waals surface area contributed by atoms with Crippen LogP contribution in [0.4, 0.5) is 0 Å². The fourth-order valence-electron chi connectivity index (χ4n) is 2.19. The van der Waals surface area contributed by atoms with Gasteiger partial charge in [-0.15, -0.1) is 0 Å². The second-order valence-corrected chi connectivity index (χ2v) is 5.01. The highest BCUT2D eigenvalue weighted by atomic mass is 16.5. The van der Waals surface area contributed by atoms with Crippen LogP contribution in [0, 0.1) is 5.92 Å². The van der Waals surface area contributed by atoms with Gasteiger partial charge in [0.05, 0.1) is 6.61 Å². The fourth-order valence-corrected chi connectivity index (χ4v) is 2.19. The average Bonchev–Trinajstić information content (AvgIpc) is 2.76. The zero-order valence-electron chi connectivity index (χ0n) is 10.7. The third kappa shape index (κ3) is 2.99. The van der Waals surface area contributed by atoms with Gasteiger partial charge in [0.1, 0.15) is 5.75 Å². The Morgan fingerprint density at radius 2 is 2.24 bits per heavy atom. The van der Waals surface area contributed by atoms with Crippen molar-refractivity contribution in [3.05, 3.63) is 29.3 Å². The van der Waals surface area contributed by atoms with Gasteiger partial charge in [-0.05, 0) is 23.1 Å². The number of benzene rings is 1. The van der Waals surface area contributed by atoms with Crippen LogP contribution in [-0.4, -0.2) is 19.2 Å². The first-order valence-electron chi connectivity index (χ1n) is 6.38. The van der Waals surface area contributed by atoms with Crippen LogP contribution in [0.1, 0.15) is 25.0 Å². The molecule has 3 heteroatoms. The van der Waals surface area contributed by atoms with Crippen molar-refractivity contribution in [3.63, 3.8) is 0 Å². The van der Waals surface area contributed by atoms with Gasteiger partial charge in [-0.2, -0.15) is 0 Å². The molecule has 0 aromatic heterocycles. The molecule has 0 radical (unpaired) electrons. The maximum absolute atomic E-state index is 5.75. The summed E-state index contributed by atoms with van der Waals surface area (Å²) in [6.07, 6.45) is 1.04. The van der Waals surface area contributed by atoms with Gasteiger partial charge in [0.15, 0.2) is 0 Å². The molecule has 3 N–H and O–H groups in total. The van der Waals surface area contributed by atoms with E-state index in [9.17, 15) is 0 Å². The van der Waals surface area contributed by atoms with E-state index in [-0.39, 0.29) is 0 Å².